The van der Waals surface area contributed by atoms with E-state index in [1.807, 2.05) is 0 Å². The molecule has 22 heavy (non-hydrogen) atoms. The summed E-state index contributed by atoms with van der Waals surface area (Å²) in [7, 11) is 0. The van der Waals surface area contributed by atoms with Crippen molar-refractivity contribution in [1.29, 1.82) is 0 Å². The van der Waals surface area contributed by atoms with Crippen molar-refractivity contribution < 1.29 is 0 Å². The van der Waals surface area contributed by atoms with E-state index in [2.05, 4.69) is 19.9 Å². The first-order valence-electron chi connectivity index (χ1n) is 10.3. The zero-order chi connectivity index (χ0) is 16.3. The van der Waals surface area contributed by atoms with Gasteiger partial charge < -0.3 is 5.73 Å². The zero-order valence-electron chi connectivity index (χ0n) is 15.7. The summed E-state index contributed by atoms with van der Waals surface area (Å²) < 4.78 is 0. The van der Waals surface area contributed by atoms with Crippen molar-refractivity contribution in [3.05, 3.63) is 11.8 Å². The molecule has 0 spiro atoms. The molecule has 1 nitrogen and oxygen atoms in total. The van der Waals surface area contributed by atoms with Gasteiger partial charge in [0.1, 0.15) is 0 Å². The van der Waals surface area contributed by atoms with Crippen LogP contribution in [0, 0.1) is 0 Å². The monoisotopic (exact) mass is 309 g/mol. The highest BCUT2D eigenvalue weighted by molar-refractivity contribution is 4.95. The van der Waals surface area contributed by atoms with Crippen LogP contribution in [0.3, 0.4) is 0 Å². The van der Waals surface area contributed by atoms with Crippen molar-refractivity contribution >= 4 is 0 Å². The predicted octanol–water partition coefficient (Wildman–Crippen LogP) is 7.50. The topological polar surface area (TPSA) is 26.0 Å². The molecule has 0 amide bonds. The van der Waals surface area contributed by atoms with E-state index in [0.717, 1.165) is 18.5 Å². The summed E-state index contributed by atoms with van der Waals surface area (Å²) in [4.78, 5) is 0. The lowest BCUT2D eigenvalue weighted by molar-refractivity contribution is 0.532. The average Bonchev–Trinajstić information content (AvgIpc) is 2.51. The van der Waals surface area contributed by atoms with Crippen LogP contribution in [0.2, 0.25) is 0 Å². The van der Waals surface area contributed by atoms with E-state index in [9.17, 15) is 0 Å². The minimum Gasteiger partial charge on any atom is -0.402 e. The van der Waals surface area contributed by atoms with Crippen molar-refractivity contribution in [2.75, 3.05) is 0 Å². The van der Waals surface area contributed by atoms with Gasteiger partial charge in [-0.15, -0.1) is 0 Å². The molecule has 0 radical (unpaired) electrons. The predicted molar refractivity (Wildman–Crippen MR) is 102 cm³/mol. The molecule has 2 N–H and O–H groups in total. The second-order valence-corrected chi connectivity index (χ2v) is 6.89. The number of allylic oxidation sites excluding steroid dienone is 2. The van der Waals surface area contributed by atoms with Gasteiger partial charge in [0.15, 0.2) is 0 Å². The minimum absolute atomic E-state index is 1.07. The normalized spacial score (nSPS) is 12.0. The van der Waals surface area contributed by atoms with Crippen LogP contribution in [0.5, 0.6) is 0 Å². The van der Waals surface area contributed by atoms with Crippen LogP contribution in [0.15, 0.2) is 11.8 Å². The zero-order valence-corrected chi connectivity index (χ0v) is 15.7. The molecule has 0 saturated heterocycles. The Labute approximate surface area is 141 Å². The number of unbranched alkanes of at least 4 members (excludes halogenated alkanes) is 14. The highest BCUT2D eigenvalue weighted by Gasteiger charge is 1.95. The van der Waals surface area contributed by atoms with Crippen molar-refractivity contribution in [2.45, 2.75) is 123 Å². The highest BCUT2D eigenvalue weighted by Crippen LogP contribution is 2.14. The second-order valence-electron chi connectivity index (χ2n) is 6.89. The molecule has 132 valence electrons. The van der Waals surface area contributed by atoms with E-state index in [0.29, 0.717) is 0 Å². The molecule has 0 aromatic rings. The summed E-state index contributed by atoms with van der Waals surface area (Å²) >= 11 is 0. The Kier molecular flexibility index (Phi) is 18.2. The molecule has 0 bridgehead atoms. The number of rotatable bonds is 17. The maximum absolute atomic E-state index is 5.90. The van der Waals surface area contributed by atoms with E-state index < -0.39 is 0 Å². The Morgan fingerprint density at radius 2 is 0.955 bits per heavy atom. The number of nitrogens with two attached hydrogens (primary N) is 1. The molecule has 0 aromatic heterocycles. The maximum atomic E-state index is 5.90. The Morgan fingerprint density at radius 3 is 1.32 bits per heavy atom. The van der Waals surface area contributed by atoms with Gasteiger partial charge in [-0.2, -0.15) is 0 Å². The average molecular weight is 310 g/mol. The highest BCUT2D eigenvalue weighted by atomic mass is 14.6. The van der Waals surface area contributed by atoms with Crippen molar-refractivity contribution in [3.8, 4) is 0 Å². The lowest BCUT2D eigenvalue weighted by Gasteiger charge is -2.04. The summed E-state index contributed by atoms with van der Waals surface area (Å²) in [6, 6.07) is 0. The van der Waals surface area contributed by atoms with Crippen molar-refractivity contribution in [1.82, 2.24) is 0 Å². The first-order chi connectivity index (χ1) is 10.8. The summed E-state index contributed by atoms with van der Waals surface area (Å²) in [6.07, 6.45) is 25.7. The third kappa shape index (κ3) is 17.6. The smallest absolute Gasteiger partial charge is 0.00398 e. The van der Waals surface area contributed by atoms with Crippen LogP contribution in [0.4, 0.5) is 0 Å². The Morgan fingerprint density at radius 1 is 0.591 bits per heavy atom. The maximum Gasteiger partial charge on any atom is 0.00398 e. The quantitative estimate of drug-likeness (QED) is 0.276. The summed E-state index contributed by atoms with van der Waals surface area (Å²) in [6.45, 7) is 4.44. The Bertz CT molecular complexity index is 232. The van der Waals surface area contributed by atoms with Crippen LogP contribution in [0.1, 0.15) is 123 Å². The molecule has 0 unspecified atom stereocenters. The first-order valence-corrected chi connectivity index (χ1v) is 10.3. The van der Waals surface area contributed by atoms with Gasteiger partial charge in [0.05, 0.1) is 0 Å². The van der Waals surface area contributed by atoms with Gasteiger partial charge in [0, 0.05) is 5.70 Å². The molecular weight excluding hydrogens is 266 g/mol. The molecule has 0 rings (SSSR count). The van der Waals surface area contributed by atoms with E-state index in [1.165, 1.54) is 96.3 Å². The second kappa shape index (κ2) is 18.6. The van der Waals surface area contributed by atoms with Gasteiger partial charge in [0.25, 0.3) is 0 Å². The fourth-order valence-electron chi connectivity index (χ4n) is 3.06. The largest absolute Gasteiger partial charge is 0.402 e. The van der Waals surface area contributed by atoms with Gasteiger partial charge in [-0.3, -0.25) is 0 Å². The van der Waals surface area contributed by atoms with Crippen LogP contribution in [-0.4, -0.2) is 0 Å². The van der Waals surface area contributed by atoms with Gasteiger partial charge >= 0.3 is 0 Å². The molecule has 0 heterocycles. The fraction of sp³-hybridized carbons (Fsp3) is 0.905. The summed E-state index contributed by atoms with van der Waals surface area (Å²) in [5, 5.41) is 0. The van der Waals surface area contributed by atoms with Crippen LogP contribution in [-0.2, 0) is 0 Å². The van der Waals surface area contributed by atoms with Gasteiger partial charge in [-0.1, -0.05) is 110 Å². The minimum atomic E-state index is 1.07. The molecule has 0 aliphatic carbocycles. The molecular formula is C21H43N. The molecule has 0 saturated carbocycles. The van der Waals surface area contributed by atoms with Crippen molar-refractivity contribution in [3.63, 3.8) is 0 Å². The first kappa shape index (κ1) is 21.5. The molecule has 0 atom stereocenters. The number of hydrogen-bond donors (Lipinski definition) is 1. The summed E-state index contributed by atoms with van der Waals surface area (Å²) in [5.41, 5.74) is 6.99. The molecule has 1 heteroatoms. The van der Waals surface area contributed by atoms with E-state index in [4.69, 9.17) is 5.73 Å². The molecule has 0 aliphatic heterocycles. The third-order valence-electron chi connectivity index (χ3n) is 4.54. The van der Waals surface area contributed by atoms with Gasteiger partial charge in [-0.25, -0.2) is 0 Å². The van der Waals surface area contributed by atoms with E-state index >= 15 is 0 Å². The molecule has 0 aromatic carbocycles. The van der Waals surface area contributed by atoms with E-state index in [-0.39, 0.29) is 0 Å². The Balaban J connectivity index is 3.04. The lowest BCUT2D eigenvalue weighted by atomic mass is 10.0. The summed E-state index contributed by atoms with van der Waals surface area (Å²) in [5.74, 6) is 0. The SMILES string of the molecule is CCC=C(N)CCCCCCCCCCCCCCCCC. The molecule has 0 aliphatic rings. The van der Waals surface area contributed by atoms with Crippen LogP contribution >= 0.6 is 0 Å². The van der Waals surface area contributed by atoms with Crippen molar-refractivity contribution in [2.24, 2.45) is 5.73 Å². The number of hydrogen-bond acceptors (Lipinski definition) is 1. The van der Waals surface area contributed by atoms with Gasteiger partial charge in [0.2, 0.25) is 0 Å². The lowest BCUT2D eigenvalue weighted by Crippen LogP contribution is -1.96. The van der Waals surface area contributed by atoms with Crippen LogP contribution in [0.25, 0.3) is 0 Å². The van der Waals surface area contributed by atoms with E-state index in [1.54, 1.807) is 0 Å². The van der Waals surface area contributed by atoms with Gasteiger partial charge in [-0.05, 0) is 19.3 Å². The standard InChI is InChI=1S/C21H43N/c1-3-5-6-7-8-9-10-11-12-13-14-15-16-17-18-20-21(22)19-4-2/h19H,3-18,20,22H2,1-2H3. The fourth-order valence-corrected chi connectivity index (χ4v) is 3.06. The van der Waals surface area contributed by atoms with Crippen LogP contribution < -0.4 is 5.73 Å². The third-order valence-corrected chi connectivity index (χ3v) is 4.54. The molecule has 0 fully saturated rings. The Hall–Kier alpha value is -0.460.